The van der Waals surface area contributed by atoms with Gasteiger partial charge in [0.05, 0.1) is 11.1 Å². The van der Waals surface area contributed by atoms with E-state index in [2.05, 4.69) is 4.74 Å². The lowest BCUT2D eigenvalue weighted by molar-refractivity contribution is -0.383. The lowest BCUT2D eigenvalue weighted by Crippen LogP contribution is -2.55. The fraction of sp³-hybridized carbons (Fsp3) is 0.500. The third-order valence-corrected chi connectivity index (χ3v) is 3.10. The van der Waals surface area contributed by atoms with Gasteiger partial charge in [-0.1, -0.05) is 0 Å². The lowest BCUT2D eigenvalue weighted by atomic mass is 9.88. The molecule has 0 radical (unpaired) electrons. The van der Waals surface area contributed by atoms with E-state index in [1.807, 2.05) is 0 Å². The van der Waals surface area contributed by atoms with Crippen molar-refractivity contribution in [1.29, 1.82) is 0 Å². The van der Waals surface area contributed by atoms with Crippen LogP contribution in [0.1, 0.15) is 16.7 Å². The molecule has 25 heavy (non-hydrogen) atoms. The largest absolute Gasteiger partial charge is 0.430 e. The standard InChI is InChI=1S/C12H6F12O/c1-25-8(11(19,20)21,12(22,23)24)5-2-6(9(13,14)15)4-7(3-5)10(16,17)18/h2-4H,1H3. The number of methoxy groups -OCH3 is 1. The summed E-state index contributed by atoms with van der Waals surface area (Å²) in [6.45, 7) is 0. The summed E-state index contributed by atoms with van der Waals surface area (Å²) in [4.78, 5) is 0. The summed E-state index contributed by atoms with van der Waals surface area (Å²) < 4.78 is 157. The third kappa shape index (κ3) is 3.80. The van der Waals surface area contributed by atoms with Crippen LogP contribution in [0.3, 0.4) is 0 Å². The van der Waals surface area contributed by atoms with Gasteiger partial charge < -0.3 is 4.74 Å². The summed E-state index contributed by atoms with van der Waals surface area (Å²) in [5, 5.41) is 0. The van der Waals surface area contributed by atoms with Gasteiger partial charge >= 0.3 is 24.7 Å². The second kappa shape index (κ2) is 5.95. The van der Waals surface area contributed by atoms with Crippen LogP contribution in [-0.2, 0) is 22.7 Å². The first-order chi connectivity index (χ1) is 10.9. The van der Waals surface area contributed by atoms with Crippen molar-refractivity contribution in [3.05, 3.63) is 34.9 Å². The first-order valence-electron chi connectivity index (χ1n) is 5.86. The molecule has 1 nitrogen and oxygen atoms in total. The Kier molecular flexibility index (Phi) is 5.09. The minimum atomic E-state index is -6.40. The highest BCUT2D eigenvalue weighted by Gasteiger charge is 2.73. The van der Waals surface area contributed by atoms with E-state index in [1.54, 1.807) is 0 Å². The maximum atomic E-state index is 13.0. The zero-order valence-corrected chi connectivity index (χ0v) is 11.7. The number of halogens is 12. The van der Waals surface area contributed by atoms with Crippen LogP contribution in [0.15, 0.2) is 18.2 Å². The highest BCUT2D eigenvalue weighted by molar-refractivity contribution is 5.38. The molecule has 0 heterocycles. The maximum Gasteiger partial charge on any atom is 0.430 e. The fourth-order valence-electron chi connectivity index (χ4n) is 2.00. The molecule has 1 rings (SSSR count). The SMILES string of the molecule is COC(c1cc(C(F)(F)F)cc(C(F)(F)F)c1)(C(F)(F)F)C(F)(F)F. The maximum absolute atomic E-state index is 13.0. The summed E-state index contributed by atoms with van der Waals surface area (Å²) in [7, 11) is -0.130. The zero-order chi connectivity index (χ0) is 20.1. The number of ether oxygens (including phenoxy) is 1. The van der Waals surface area contributed by atoms with Gasteiger partial charge in [0.1, 0.15) is 0 Å². The minimum Gasteiger partial charge on any atom is -0.357 e. The van der Waals surface area contributed by atoms with Crippen molar-refractivity contribution in [3.63, 3.8) is 0 Å². The van der Waals surface area contributed by atoms with Gasteiger partial charge in [0.15, 0.2) is 0 Å². The first kappa shape index (κ1) is 21.4. The van der Waals surface area contributed by atoms with Crippen molar-refractivity contribution in [2.75, 3.05) is 7.11 Å². The average Bonchev–Trinajstić information content (AvgIpc) is 2.34. The lowest BCUT2D eigenvalue weighted by Gasteiger charge is -2.36. The summed E-state index contributed by atoms with van der Waals surface area (Å²) in [6, 6.07) is -1.96. The van der Waals surface area contributed by atoms with E-state index in [-0.39, 0.29) is 7.11 Å². The van der Waals surface area contributed by atoms with Crippen molar-refractivity contribution < 1.29 is 57.4 Å². The van der Waals surface area contributed by atoms with Crippen LogP contribution in [0.25, 0.3) is 0 Å². The molecule has 0 aromatic heterocycles. The Balaban J connectivity index is 3.95. The van der Waals surface area contributed by atoms with E-state index in [0.29, 0.717) is 0 Å². The molecule has 1 aromatic rings. The van der Waals surface area contributed by atoms with Gasteiger partial charge in [0, 0.05) is 12.7 Å². The Bertz CT molecular complexity index is 573. The molecular formula is C12H6F12O. The Labute approximate surface area is 131 Å². The van der Waals surface area contributed by atoms with Crippen molar-refractivity contribution in [2.45, 2.75) is 30.3 Å². The van der Waals surface area contributed by atoms with Crippen molar-refractivity contribution in [2.24, 2.45) is 0 Å². The average molecular weight is 394 g/mol. The predicted octanol–water partition coefficient (Wildman–Crippen LogP) is 5.69. The van der Waals surface area contributed by atoms with Gasteiger partial charge in [-0.3, -0.25) is 0 Å². The molecule has 0 bridgehead atoms. The molecule has 0 unspecified atom stereocenters. The number of alkyl halides is 12. The Morgan fingerprint density at radius 2 is 0.840 bits per heavy atom. The minimum absolute atomic E-state index is 0.130. The second-order valence-corrected chi connectivity index (χ2v) is 4.68. The van der Waals surface area contributed by atoms with Crippen LogP contribution >= 0.6 is 0 Å². The fourth-order valence-corrected chi connectivity index (χ4v) is 2.00. The Hall–Kier alpha value is -1.66. The molecule has 0 atom stereocenters. The van der Waals surface area contributed by atoms with Gasteiger partial charge in [-0.2, -0.15) is 52.7 Å². The quantitative estimate of drug-likeness (QED) is 0.586. The molecule has 0 spiro atoms. The monoisotopic (exact) mass is 394 g/mol. The highest BCUT2D eigenvalue weighted by atomic mass is 19.4. The zero-order valence-electron chi connectivity index (χ0n) is 11.7. The molecule has 0 aliphatic heterocycles. The van der Waals surface area contributed by atoms with Crippen molar-refractivity contribution >= 4 is 0 Å². The molecule has 0 N–H and O–H groups in total. The Morgan fingerprint density at radius 3 is 1.04 bits per heavy atom. The van der Waals surface area contributed by atoms with Gasteiger partial charge in [0.25, 0.3) is 5.60 Å². The van der Waals surface area contributed by atoms with Crippen LogP contribution in [0, 0.1) is 0 Å². The molecular weight excluding hydrogens is 388 g/mol. The number of hydrogen-bond acceptors (Lipinski definition) is 1. The van der Waals surface area contributed by atoms with Gasteiger partial charge in [0.2, 0.25) is 0 Å². The van der Waals surface area contributed by atoms with E-state index in [4.69, 9.17) is 0 Å². The van der Waals surface area contributed by atoms with Crippen LogP contribution in [0.4, 0.5) is 52.7 Å². The van der Waals surface area contributed by atoms with Crippen molar-refractivity contribution in [1.82, 2.24) is 0 Å². The molecule has 144 valence electrons. The summed E-state index contributed by atoms with van der Waals surface area (Å²) >= 11 is 0. The summed E-state index contributed by atoms with van der Waals surface area (Å²) in [5.74, 6) is 0. The second-order valence-electron chi connectivity index (χ2n) is 4.68. The van der Waals surface area contributed by atoms with Gasteiger partial charge in [-0.05, 0) is 18.2 Å². The van der Waals surface area contributed by atoms with E-state index >= 15 is 0 Å². The van der Waals surface area contributed by atoms with E-state index < -0.39 is 65.2 Å². The molecule has 0 aliphatic rings. The molecule has 0 fully saturated rings. The number of hydrogen-bond donors (Lipinski definition) is 0. The van der Waals surface area contributed by atoms with Crippen LogP contribution in [-0.4, -0.2) is 19.5 Å². The smallest absolute Gasteiger partial charge is 0.357 e. The Morgan fingerprint density at radius 1 is 0.560 bits per heavy atom. The molecule has 0 saturated heterocycles. The van der Waals surface area contributed by atoms with E-state index in [1.165, 1.54) is 0 Å². The third-order valence-electron chi connectivity index (χ3n) is 3.10. The molecule has 0 amide bonds. The molecule has 1 aromatic carbocycles. The topological polar surface area (TPSA) is 9.23 Å². The van der Waals surface area contributed by atoms with Crippen LogP contribution in [0.5, 0.6) is 0 Å². The van der Waals surface area contributed by atoms with Gasteiger partial charge in [-0.15, -0.1) is 0 Å². The number of rotatable bonds is 2. The highest BCUT2D eigenvalue weighted by Crippen LogP contribution is 2.53. The first-order valence-corrected chi connectivity index (χ1v) is 5.86. The molecule has 0 saturated carbocycles. The molecule has 13 heteroatoms. The predicted molar refractivity (Wildman–Crippen MR) is 57.2 cm³/mol. The van der Waals surface area contributed by atoms with Crippen LogP contribution in [0.2, 0.25) is 0 Å². The van der Waals surface area contributed by atoms with Crippen LogP contribution < -0.4 is 0 Å². The van der Waals surface area contributed by atoms with E-state index in [9.17, 15) is 52.7 Å². The number of benzene rings is 1. The van der Waals surface area contributed by atoms with Crippen molar-refractivity contribution in [3.8, 4) is 0 Å². The summed E-state index contributed by atoms with van der Waals surface area (Å²) in [6.07, 6.45) is -24.1. The molecule has 0 aliphatic carbocycles. The summed E-state index contributed by atoms with van der Waals surface area (Å²) in [5.41, 5.74) is -12.4. The normalized spacial score (nSPS) is 14.8. The van der Waals surface area contributed by atoms with E-state index in [0.717, 1.165) is 0 Å². The van der Waals surface area contributed by atoms with Gasteiger partial charge in [-0.25, -0.2) is 0 Å².